The third kappa shape index (κ3) is 4.43. The monoisotopic (exact) mass is 278 g/mol. The predicted molar refractivity (Wildman–Crippen MR) is 73.7 cm³/mol. The number of carbonyl (C=O) groups excluding carboxylic acids is 1. The molecule has 4 nitrogen and oxygen atoms in total. The van der Waals surface area contributed by atoms with Gasteiger partial charge in [0.2, 0.25) is 5.91 Å². The third-order valence-electron chi connectivity index (χ3n) is 2.60. The molecule has 0 fully saturated rings. The molecule has 5 heteroatoms. The van der Waals surface area contributed by atoms with Gasteiger partial charge in [-0.15, -0.1) is 0 Å². The molecule has 0 bridgehead atoms. The van der Waals surface area contributed by atoms with E-state index in [0.717, 1.165) is 11.3 Å². The highest BCUT2D eigenvalue weighted by Gasteiger charge is 2.03. The van der Waals surface area contributed by atoms with Crippen molar-refractivity contribution in [3.8, 4) is 0 Å². The fraction of sp³-hybridized carbons (Fsp3) is 0.214. The third-order valence-corrected chi connectivity index (χ3v) is 2.97. The molecule has 1 heterocycles. The lowest BCUT2D eigenvalue weighted by atomic mass is 10.2. The zero-order valence-electron chi connectivity index (χ0n) is 10.4. The van der Waals surface area contributed by atoms with Crippen LogP contribution in [0.3, 0.4) is 0 Å². The van der Waals surface area contributed by atoms with Gasteiger partial charge in [-0.3, -0.25) is 4.79 Å². The average Bonchev–Trinajstić information content (AvgIpc) is 2.92. The van der Waals surface area contributed by atoms with Gasteiger partial charge in [-0.1, -0.05) is 29.8 Å². The van der Waals surface area contributed by atoms with Crippen molar-refractivity contribution in [2.45, 2.75) is 13.1 Å². The minimum atomic E-state index is -0.0801. The standard InChI is InChI=1S/C14H15ClN2O2/c15-13-6-2-1-4-11(13)8-16-10-14(18)17-9-12-5-3-7-19-12/h1-7,16H,8-10H2,(H,17,18). The van der Waals surface area contributed by atoms with E-state index in [1.807, 2.05) is 30.3 Å². The second-order valence-corrected chi connectivity index (χ2v) is 4.46. The first-order valence-electron chi connectivity index (χ1n) is 5.99. The van der Waals surface area contributed by atoms with Gasteiger partial charge in [-0.2, -0.15) is 0 Å². The van der Waals surface area contributed by atoms with E-state index in [9.17, 15) is 4.79 Å². The molecule has 0 aliphatic rings. The lowest BCUT2D eigenvalue weighted by Crippen LogP contribution is -2.33. The molecule has 100 valence electrons. The molecule has 1 aromatic heterocycles. The summed E-state index contributed by atoms with van der Waals surface area (Å²) in [4.78, 5) is 11.6. The van der Waals surface area contributed by atoms with E-state index in [4.69, 9.17) is 16.0 Å². The number of amides is 1. The van der Waals surface area contributed by atoms with E-state index < -0.39 is 0 Å². The van der Waals surface area contributed by atoms with Crippen LogP contribution in [-0.2, 0) is 17.9 Å². The van der Waals surface area contributed by atoms with Crippen LogP contribution in [0.25, 0.3) is 0 Å². The minimum absolute atomic E-state index is 0.0801. The number of hydrogen-bond donors (Lipinski definition) is 2. The molecule has 0 saturated carbocycles. The van der Waals surface area contributed by atoms with Crippen molar-refractivity contribution < 1.29 is 9.21 Å². The summed E-state index contributed by atoms with van der Waals surface area (Å²) in [7, 11) is 0. The molecular formula is C14H15ClN2O2. The zero-order valence-corrected chi connectivity index (χ0v) is 11.1. The van der Waals surface area contributed by atoms with Crippen LogP contribution >= 0.6 is 11.6 Å². The molecule has 0 unspecified atom stereocenters. The minimum Gasteiger partial charge on any atom is -0.467 e. The van der Waals surface area contributed by atoms with Gasteiger partial charge in [0.1, 0.15) is 5.76 Å². The van der Waals surface area contributed by atoms with Crippen LogP contribution in [0.1, 0.15) is 11.3 Å². The van der Waals surface area contributed by atoms with Crippen molar-refractivity contribution in [2.75, 3.05) is 6.54 Å². The summed E-state index contributed by atoms with van der Waals surface area (Å²) in [5.74, 6) is 0.655. The molecule has 0 aliphatic heterocycles. The molecule has 2 rings (SSSR count). The lowest BCUT2D eigenvalue weighted by molar-refractivity contribution is -0.120. The molecular weight excluding hydrogens is 264 g/mol. The van der Waals surface area contributed by atoms with E-state index in [1.54, 1.807) is 12.3 Å². The zero-order chi connectivity index (χ0) is 13.5. The van der Waals surface area contributed by atoms with Crippen molar-refractivity contribution in [1.29, 1.82) is 0 Å². The summed E-state index contributed by atoms with van der Waals surface area (Å²) >= 11 is 6.02. The Balaban J connectivity index is 1.68. The Morgan fingerprint density at radius 2 is 2.00 bits per heavy atom. The predicted octanol–water partition coefficient (Wildman–Crippen LogP) is 2.34. The summed E-state index contributed by atoms with van der Waals surface area (Å²) in [6.07, 6.45) is 1.58. The van der Waals surface area contributed by atoms with E-state index >= 15 is 0 Å². The highest BCUT2D eigenvalue weighted by Crippen LogP contribution is 2.13. The van der Waals surface area contributed by atoms with Gasteiger partial charge in [-0.25, -0.2) is 0 Å². The highest BCUT2D eigenvalue weighted by molar-refractivity contribution is 6.31. The smallest absolute Gasteiger partial charge is 0.234 e. The summed E-state index contributed by atoms with van der Waals surface area (Å²) < 4.78 is 5.12. The normalized spacial score (nSPS) is 10.4. The van der Waals surface area contributed by atoms with Crippen LogP contribution in [0.5, 0.6) is 0 Å². The number of carbonyl (C=O) groups is 1. The van der Waals surface area contributed by atoms with E-state index in [2.05, 4.69) is 10.6 Å². The lowest BCUT2D eigenvalue weighted by Gasteiger charge is -2.07. The van der Waals surface area contributed by atoms with Gasteiger partial charge in [0, 0.05) is 11.6 Å². The van der Waals surface area contributed by atoms with E-state index in [1.165, 1.54) is 0 Å². The second-order valence-electron chi connectivity index (χ2n) is 4.05. The number of halogens is 1. The quantitative estimate of drug-likeness (QED) is 0.853. The Hall–Kier alpha value is -1.78. The van der Waals surface area contributed by atoms with Crippen LogP contribution in [0.15, 0.2) is 47.1 Å². The van der Waals surface area contributed by atoms with Crippen molar-refractivity contribution >= 4 is 17.5 Å². The van der Waals surface area contributed by atoms with Gasteiger partial charge in [0.05, 0.1) is 19.4 Å². The first-order valence-corrected chi connectivity index (χ1v) is 6.36. The Morgan fingerprint density at radius 3 is 2.74 bits per heavy atom. The highest BCUT2D eigenvalue weighted by atomic mass is 35.5. The maximum Gasteiger partial charge on any atom is 0.234 e. The number of rotatable bonds is 6. The van der Waals surface area contributed by atoms with Gasteiger partial charge < -0.3 is 15.1 Å². The number of hydrogen-bond acceptors (Lipinski definition) is 3. The molecule has 1 amide bonds. The van der Waals surface area contributed by atoms with Crippen molar-refractivity contribution in [1.82, 2.24) is 10.6 Å². The largest absolute Gasteiger partial charge is 0.467 e. The number of benzene rings is 1. The number of furan rings is 1. The number of nitrogens with one attached hydrogen (secondary N) is 2. The molecule has 0 spiro atoms. The van der Waals surface area contributed by atoms with Crippen molar-refractivity contribution in [2.24, 2.45) is 0 Å². The van der Waals surface area contributed by atoms with Crippen LogP contribution in [0, 0.1) is 0 Å². The van der Waals surface area contributed by atoms with Crippen LogP contribution in [0.2, 0.25) is 5.02 Å². The van der Waals surface area contributed by atoms with E-state index in [-0.39, 0.29) is 12.5 Å². The molecule has 2 N–H and O–H groups in total. The molecule has 2 aromatic rings. The van der Waals surface area contributed by atoms with Gasteiger partial charge >= 0.3 is 0 Å². The molecule has 0 atom stereocenters. The van der Waals surface area contributed by atoms with Gasteiger partial charge in [0.25, 0.3) is 0 Å². The maximum absolute atomic E-state index is 11.6. The fourth-order valence-electron chi connectivity index (χ4n) is 1.61. The SMILES string of the molecule is O=C(CNCc1ccccc1Cl)NCc1ccco1. The molecule has 19 heavy (non-hydrogen) atoms. The molecule has 0 radical (unpaired) electrons. The van der Waals surface area contributed by atoms with Crippen LogP contribution in [-0.4, -0.2) is 12.5 Å². The Morgan fingerprint density at radius 1 is 1.16 bits per heavy atom. The average molecular weight is 279 g/mol. The first-order chi connectivity index (χ1) is 9.25. The summed E-state index contributed by atoms with van der Waals surface area (Å²) in [6, 6.07) is 11.2. The Labute approximate surface area is 116 Å². The molecule has 0 aliphatic carbocycles. The van der Waals surface area contributed by atoms with Crippen LogP contribution in [0.4, 0.5) is 0 Å². The fourth-order valence-corrected chi connectivity index (χ4v) is 1.82. The van der Waals surface area contributed by atoms with Gasteiger partial charge in [0.15, 0.2) is 0 Å². The summed E-state index contributed by atoms with van der Waals surface area (Å²) in [6.45, 7) is 1.21. The first kappa shape index (κ1) is 13.6. The molecule has 0 saturated heterocycles. The second kappa shape index (κ2) is 6.97. The topological polar surface area (TPSA) is 54.3 Å². The maximum atomic E-state index is 11.6. The van der Waals surface area contributed by atoms with Crippen molar-refractivity contribution in [3.05, 3.63) is 59.0 Å². The summed E-state index contributed by atoms with van der Waals surface area (Å²) in [5.41, 5.74) is 0.975. The van der Waals surface area contributed by atoms with E-state index in [0.29, 0.717) is 18.1 Å². The summed E-state index contributed by atoms with van der Waals surface area (Å²) in [5, 5.41) is 6.50. The van der Waals surface area contributed by atoms with Gasteiger partial charge in [-0.05, 0) is 23.8 Å². The van der Waals surface area contributed by atoms with Crippen molar-refractivity contribution in [3.63, 3.8) is 0 Å². The molecule has 1 aromatic carbocycles. The Bertz CT molecular complexity index is 526. The Kier molecular flexibility index (Phi) is 5.01. The van der Waals surface area contributed by atoms with Crippen LogP contribution < -0.4 is 10.6 Å².